The van der Waals surface area contributed by atoms with Gasteiger partial charge >= 0.3 is 0 Å². The van der Waals surface area contributed by atoms with Crippen LogP contribution in [0.5, 0.6) is 5.88 Å². The molecule has 3 aliphatic rings. The van der Waals surface area contributed by atoms with Crippen molar-refractivity contribution < 1.29 is 28.4 Å². The summed E-state index contributed by atoms with van der Waals surface area (Å²) in [5, 5.41) is 17.0. The van der Waals surface area contributed by atoms with Crippen molar-refractivity contribution in [3.05, 3.63) is 86.9 Å². The van der Waals surface area contributed by atoms with Crippen LogP contribution in [0.25, 0.3) is 0 Å². The zero-order valence-corrected chi connectivity index (χ0v) is 36.5. The van der Waals surface area contributed by atoms with Gasteiger partial charge in [-0.3, -0.25) is 14.5 Å². The molecule has 11 heteroatoms. The van der Waals surface area contributed by atoms with E-state index >= 15 is 9.59 Å². The van der Waals surface area contributed by atoms with Gasteiger partial charge in [-0.2, -0.15) is 0 Å². The number of Topliss-reactive ketones (excluding diaryl/α,β-unsaturated/α-hetero) is 2. The predicted octanol–water partition coefficient (Wildman–Crippen LogP) is 8.55. The van der Waals surface area contributed by atoms with Crippen LogP contribution < -0.4 is 9.64 Å². The third-order valence-corrected chi connectivity index (χ3v) is 16.6. The Bertz CT molecular complexity index is 2000. The van der Waals surface area contributed by atoms with Crippen molar-refractivity contribution in [3.63, 3.8) is 0 Å². The molecule has 0 fully saturated rings. The monoisotopic (exact) mass is 770 g/mol. The highest BCUT2D eigenvalue weighted by Crippen LogP contribution is 2.60. The van der Waals surface area contributed by atoms with Crippen molar-refractivity contribution >= 4 is 25.6 Å². The Kier molecular flexibility index (Phi) is 10.6. The zero-order chi connectivity index (χ0) is 40.6. The minimum atomic E-state index is -2.82. The van der Waals surface area contributed by atoms with Crippen LogP contribution in [-0.2, 0) is 24.0 Å². The summed E-state index contributed by atoms with van der Waals surface area (Å²) in [6, 6.07) is 11.3. The molecule has 0 saturated carbocycles. The minimum absolute atomic E-state index is 0.0584. The lowest BCUT2D eigenvalue weighted by molar-refractivity contribution is -0.0480. The van der Waals surface area contributed by atoms with Crippen molar-refractivity contribution in [2.75, 3.05) is 46.7 Å². The molecule has 0 saturated heterocycles. The van der Waals surface area contributed by atoms with E-state index in [4.69, 9.17) is 13.7 Å². The quantitative estimate of drug-likeness (QED) is 0.202. The Hall–Kier alpha value is -3.77. The molecule has 10 nitrogen and oxygen atoms in total. The molecule has 0 spiro atoms. The number of rotatable bonds is 10. The predicted molar refractivity (Wildman–Crippen MR) is 220 cm³/mol. The summed E-state index contributed by atoms with van der Waals surface area (Å²) in [5.41, 5.74) is 4.30. The summed E-state index contributed by atoms with van der Waals surface area (Å²) < 4.78 is 19.6. The molecule has 3 aromatic rings. The number of aromatic nitrogens is 1. The maximum Gasteiger partial charge on any atom is 0.265 e. The third kappa shape index (κ3) is 7.10. The highest BCUT2D eigenvalue weighted by atomic mass is 28.4. The standard InChI is InChI=1S/C44H62N4O6Si/c1-26-20-29(23-48(12)25-42(2,3)4)35(46(8)9)30-21-28-22-31-36(47(10)11)38-34(41(45-53-38)52-24-27-18-16-15-17-19-27)40(51)44(31,54-55(13,14)43(5,6)7)39(50)33(28)37(49)32(26)30/h15-20,28,31,36,50H,21-25H2,1-14H3/t28-,31-,36-,44-/m0/s1. The number of benzene rings is 2. The Labute approximate surface area is 329 Å². The smallest absolute Gasteiger partial charge is 0.265 e. The first kappa shape index (κ1) is 40.9. The SMILES string of the molecule is Cc1cc(CN(C)CC(C)(C)C)c(N(C)C)c2c1C(=O)C1=C(O)[C@]3(O[Si](C)(C)C(C)(C)C)C(=O)c4c(OCc5ccccc5)noc4[C@@H](N(C)C)[C@@H]3C[C@@H]1C2. The van der Waals surface area contributed by atoms with E-state index in [2.05, 4.69) is 82.7 Å². The van der Waals surface area contributed by atoms with Crippen LogP contribution in [0.3, 0.4) is 0 Å². The molecule has 1 aromatic heterocycles. The van der Waals surface area contributed by atoms with Crippen molar-refractivity contribution in [1.29, 1.82) is 0 Å². The number of carbonyl (C=O) groups is 2. The summed E-state index contributed by atoms with van der Waals surface area (Å²) in [4.78, 5) is 37.1. The van der Waals surface area contributed by atoms with Crippen LogP contribution in [0.1, 0.15) is 103 Å². The fourth-order valence-corrected chi connectivity index (χ4v) is 10.6. The largest absolute Gasteiger partial charge is 0.508 e. The van der Waals surface area contributed by atoms with Crippen LogP contribution in [0.2, 0.25) is 18.1 Å². The third-order valence-electron chi connectivity index (χ3n) is 12.2. The number of ether oxygens (including phenoxy) is 1. The summed E-state index contributed by atoms with van der Waals surface area (Å²) >= 11 is 0. The summed E-state index contributed by atoms with van der Waals surface area (Å²) in [5.74, 6) is -1.46. The lowest BCUT2D eigenvalue weighted by atomic mass is 9.58. The van der Waals surface area contributed by atoms with Crippen LogP contribution in [0.15, 0.2) is 52.3 Å². The van der Waals surface area contributed by atoms with Crippen LogP contribution in [-0.4, -0.2) is 87.3 Å². The molecule has 3 aliphatic carbocycles. The molecule has 0 bridgehead atoms. The van der Waals surface area contributed by atoms with E-state index in [9.17, 15) is 5.11 Å². The number of nitrogens with zero attached hydrogens (tertiary/aromatic N) is 4. The highest BCUT2D eigenvalue weighted by molar-refractivity contribution is 6.74. The van der Waals surface area contributed by atoms with Gasteiger partial charge in [0.05, 0.1) is 6.04 Å². The van der Waals surface area contributed by atoms with Crippen LogP contribution >= 0.6 is 0 Å². The normalized spacial score (nSPS) is 22.8. The number of fused-ring (bicyclic) bond motifs is 4. The van der Waals surface area contributed by atoms with Gasteiger partial charge in [0.2, 0.25) is 5.78 Å². The molecule has 4 atom stereocenters. The van der Waals surface area contributed by atoms with Crippen molar-refractivity contribution in [1.82, 2.24) is 15.0 Å². The number of ketones is 2. The van der Waals surface area contributed by atoms with E-state index in [1.54, 1.807) is 0 Å². The van der Waals surface area contributed by atoms with Gasteiger partial charge in [-0.25, -0.2) is 0 Å². The first-order valence-corrected chi connectivity index (χ1v) is 22.5. The number of anilines is 1. The fraction of sp³-hybridized carbons (Fsp3) is 0.568. The number of aliphatic hydroxyl groups is 1. The average molecular weight is 771 g/mol. The molecule has 0 amide bonds. The molecule has 0 aliphatic heterocycles. The molecule has 0 unspecified atom stereocenters. The van der Waals surface area contributed by atoms with Gasteiger partial charge in [0.25, 0.3) is 5.88 Å². The van der Waals surface area contributed by atoms with Gasteiger partial charge in [-0.15, -0.1) is 0 Å². The second-order valence-corrected chi connectivity index (χ2v) is 24.1. The molecular formula is C44H62N4O6Si. The second-order valence-electron chi connectivity index (χ2n) is 19.4. The van der Waals surface area contributed by atoms with Crippen molar-refractivity contribution in [2.24, 2.45) is 17.3 Å². The number of hydrogen-bond donors (Lipinski definition) is 1. The first-order valence-electron chi connectivity index (χ1n) is 19.6. The fourth-order valence-electron chi connectivity index (χ4n) is 9.16. The van der Waals surface area contributed by atoms with Gasteiger partial charge in [-0.05, 0) is 97.8 Å². The second kappa shape index (κ2) is 14.3. The van der Waals surface area contributed by atoms with Gasteiger partial charge in [-0.1, -0.05) is 77.9 Å². The lowest BCUT2D eigenvalue weighted by Gasteiger charge is -2.55. The summed E-state index contributed by atoms with van der Waals surface area (Å²) in [6.07, 6.45) is 0.968. The molecule has 55 heavy (non-hydrogen) atoms. The Morgan fingerprint density at radius 3 is 2.24 bits per heavy atom. The Morgan fingerprint density at radius 1 is 1.00 bits per heavy atom. The molecule has 1 heterocycles. The van der Waals surface area contributed by atoms with Gasteiger partial charge < -0.3 is 28.6 Å². The van der Waals surface area contributed by atoms with E-state index in [0.717, 1.165) is 41.0 Å². The zero-order valence-electron chi connectivity index (χ0n) is 35.5. The minimum Gasteiger partial charge on any atom is -0.508 e. The maximum absolute atomic E-state index is 15.5. The Balaban J connectivity index is 1.55. The van der Waals surface area contributed by atoms with Gasteiger partial charge in [0.1, 0.15) is 17.9 Å². The first-order chi connectivity index (χ1) is 25.5. The molecule has 6 rings (SSSR count). The number of aliphatic hydroxyl groups excluding tert-OH is 1. The van der Waals surface area contributed by atoms with Crippen molar-refractivity contribution in [2.45, 2.75) is 104 Å². The molecule has 2 aromatic carbocycles. The van der Waals surface area contributed by atoms with E-state index < -0.39 is 31.7 Å². The van der Waals surface area contributed by atoms with E-state index in [1.165, 1.54) is 0 Å². The molecule has 0 radical (unpaired) electrons. The topological polar surface area (TPSA) is 109 Å². The summed E-state index contributed by atoms with van der Waals surface area (Å²) in [7, 11) is 7.28. The van der Waals surface area contributed by atoms with E-state index in [1.807, 2.05) is 70.3 Å². The Morgan fingerprint density at radius 2 is 1.65 bits per heavy atom. The summed E-state index contributed by atoms with van der Waals surface area (Å²) in [6.45, 7) is 21.0. The number of allylic oxidation sites excluding steroid dienone is 1. The number of aryl methyl sites for hydroxylation is 1. The van der Waals surface area contributed by atoms with Crippen molar-refractivity contribution in [3.8, 4) is 5.88 Å². The maximum atomic E-state index is 15.5. The molecule has 298 valence electrons. The van der Waals surface area contributed by atoms with E-state index in [-0.39, 0.29) is 51.5 Å². The van der Waals surface area contributed by atoms with Gasteiger partial charge in [0, 0.05) is 49.9 Å². The van der Waals surface area contributed by atoms with E-state index in [0.29, 0.717) is 24.2 Å². The number of hydrogen-bond acceptors (Lipinski definition) is 10. The average Bonchev–Trinajstić information content (AvgIpc) is 3.47. The van der Waals surface area contributed by atoms with Gasteiger partial charge in [0.15, 0.2) is 25.5 Å². The molecular weight excluding hydrogens is 709 g/mol. The lowest BCUT2D eigenvalue weighted by Crippen LogP contribution is -2.65. The highest BCUT2D eigenvalue weighted by Gasteiger charge is 2.67. The van der Waals surface area contributed by atoms with Crippen LogP contribution in [0, 0.1) is 24.2 Å². The molecule has 1 N–H and O–H groups in total. The van der Waals surface area contributed by atoms with Crippen LogP contribution in [0.4, 0.5) is 5.69 Å². The number of carbonyl (C=O) groups excluding carboxylic acids is 2.